The fourth-order valence-corrected chi connectivity index (χ4v) is 4.19. The van der Waals surface area contributed by atoms with Crippen molar-refractivity contribution in [3.8, 4) is 0 Å². The van der Waals surface area contributed by atoms with Crippen LogP contribution in [0.5, 0.6) is 0 Å². The van der Waals surface area contributed by atoms with Crippen molar-refractivity contribution in [2.45, 2.75) is 46.7 Å². The summed E-state index contributed by atoms with van der Waals surface area (Å²) in [4.78, 5) is 12.8. The lowest BCUT2D eigenvalue weighted by atomic mass is 10.0. The van der Waals surface area contributed by atoms with E-state index in [0.29, 0.717) is 5.69 Å². The number of aryl methyl sites for hydroxylation is 3. The van der Waals surface area contributed by atoms with Crippen LogP contribution < -0.4 is 9.62 Å². The molecule has 0 bridgehead atoms. The number of nitrogens with zero attached hydrogens (tertiary/aromatic N) is 1. The smallest absolute Gasteiger partial charge is 0.244 e. The van der Waals surface area contributed by atoms with Crippen molar-refractivity contribution >= 4 is 21.6 Å². The molecule has 0 unspecified atom stereocenters. The largest absolute Gasteiger partial charge is 0.348 e. The number of nitrogens with one attached hydrogen (secondary N) is 1. The highest BCUT2D eigenvalue weighted by Gasteiger charge is 2.29. The Balaban J connectivity index is 2.25. The van der Waals surface area contributed by atoms with Crippen molar-refractivity contribution in [3.05, 3.63) is 64.7 Å². The molecule has 0 aromatic heterocycles. The molecule has 0 aliphatic carbocycles. The molecular formula is C21H28N2O3S. The van der Waals surface area contributed by atoms with Crippen LogP contribution in [0.1, 0.15) is 42.1 Å². The van der Waals surface area contributed by atoms with Gasteiger partial charge in [0.05, 0.1) is 18.0 Å². The summed E-state index contributed by atoms with van der Waals surface area (Å²) >= 11 is 0. The minimum Gasteiger partial charge on any atom is -0.348 e. The molecule has 1 amide bonds. The van der Waals surface area contributed by atoms with Gasteiger partial charge in [0.2, 0.25) is 15.9 Å². The van der Waals surface area contributed by atoms with Gasteiger partial charge in [0, 0.05) is 0 Å². The van der Waals surface area contributed by atoms with E-state index in [4.69, 9.17) is 0 Å². The highest BCUT2D eigenvalue weighted by molar-refractivity contribution is 7.92. The zero-order valence-corrected chi connectivity index (χ0v) is 17.6. The molecule has 0 fully saturated rings. The summed E-state index contributed by atoms with van der Waals surface area (Å²) in [5.41, 5.74) is 4.74. The van der Waals surface area contributed by atoms with Gasteiger partial charge in [0.25, 0.3) is 0 Å². The van der Waals surface area contributed by atoms with E-state index in [9.17, 15) is 13.2 Å². The standard InChI is InChI=1S/C21H28N2O3S/c1-14-8-7-9-20(12-14)23(27(6,25)26)18(5)21(24)22-17(4)19-11-10-15(2)16(3)13-19/h7-13,17-18H,1-6H3,(H,22,24)/t17-,18+/m0/s1. The second kappa shape index (κ2) is 8.13. The van der Waals surface area contributed by atoms with Crippen LogP contribution in [0.4, 0.5) is 5.69 Å². The van der Waals surface area contributed by atoms with Crippen LogP contribution in [-0.4, -0.2) is 26.6 Å². The maximum Gasteiger partial charge on any atom is 0.244 e. The number of rotatable bonds is 6. The summed E-state index contributed by atoms with van der Waals surface area (Å²) in [5.74, 6) is -0.340. The van der Waals surface area contributed by atoms with Gasteiger partial charge >= 0.3 is 0 Å². The van der Waals surface area contributed by atoms with Gasteiger partial charge in [-0.2, -0.15) is 0 Å². The van der Waals surface area contributed by atoms with Crippen LogP contribution in [0, 0.1) is 20.8 Å². The van der Waals surface area contributed by atoms with Crippen LogP contribution in [0.2, 0.25) is 0 Å². The third kappa shape index (κ3) is 5.10. The lowest BCUT2D eigenvalue weighted by Gasteiger charge is -2.29. The SMILES string of the molecule is Cc1cccc(N([C@H](C)C(=O)N[C@@H](C)c2ccc(C)c(C)c2)S(C)(=O)=O)c1. The van der Waals surface area contributed by atoms with E-state index in [0.717, 1.165) is 22.9 Å². The Labute approximate surface area is 162 Å². The van der Waals surface area contributed by atoms with Crippen molar-refractivity contribution in [2.75, 3.05) is 10.6 Å². The van der Waals surface area contributed by atoms with Crippen LogP contribution in [0.3, 0.4) is 0 Å². The van der Waals surface area contributed by atoms with Crippen molar-refractivity contribution in [2.24, 2.45) is 0 Å². The predicted molar refractivity (Wildman–Crippen MR) is 110 cm³/mol. The zero-order chi connectivity index (χ0) is 20.4. The molecule has 146 valence electrons. The van der Waals surface area contributed by atoms with Gasteiger partial charge < -0.3 is 5.32 Å². The lowest BCUT2D eigenvalue weighted by molar-refractivity contribution is -0.122. The maximum absolute atomic E-state index is 12.8. The number of anilines is 1. The summed E-state index contributed by atoms with van der Waals surface area (Å²) in [7, 11) is -3.62. The highest BCUT2D eigenvalue weighted by Crippen LogP contribution is 2.23. The van der Waals surface area contributed by atoms with E-state index in [1.165, 1.54) is 9.87 Å². The van der Waals surface area contributed by atoms with Crippen LogP contribution in [0.15, 0.2) is 42.5 Å². The summed E-state index contributed by atoms with van der Waals surface area (Å²) in [6, 6.07) is 12.1. The zero-order valence-electron chi connectivity index (χ0n) is 16.8. The second-order valence-electron chi connectivity index (χ2n) is 7.15. The minimum atomic E-state index is -3.62. The van der Waals surface area contributed by atoms with E-state index >= 15 is 0 Å². The molecule has 0 aliphatic heterocycles. The number of sulfonamides is 1. The quantitative estimate of drug-likeness (QED) is 0.821. The average Bonchev–Trinajstić information content (AvgIpc) is 2.56. The Kier molecular flexibility index (Phi) is 6.31. The van der Waals surface area contributed by atoms with E-state index in [1.807, 2.05) is 52.0 Å². The van der Waals surface area contributed by atoms with Crippen molar-refractivity contribution in [1.29, 1.82) is 0 Å². The molecule has 0 aliphatic rings. The molecule has 2 rings (SSSR count). The van der Waals surface area contributed by atoms with E-state index in [-0.39, 0.29) is 11.9 Å². The van der Waals surface area contributed by atoms with Gasteiger partial charge in [0.15, 0.2) is 0 Å². The van der Waals surface area contributed by atoms with Gasteiger partial charge in [-0.3, -0.25) is 9.10 Å². The number of carbonyl (C=O) groups excluding carboxylic acids is 1. The molecule has 5 nitrogen and oxygen atoms in total. The van der Waals surface area contributed by atoms with Gasteiger partial charge in [-0.1, -0.05) is 30.3 Å². The van der Waals surface area contributed by atoms with E-state index < -0.39 is 16.1 Å². The normalized spacial score (nSPS) is 13.7. The molecule has 27 heavy (non-hydrogen) atoms. The van der Waals surface area contributed by atoms with Crippen molar-refractivity contribution in [3.63, 3.8) is 0 Å². The molecule has 0 heterocycles. The summed E-state index contributed by atoms with van der Waals surface area (Å²) in [6.45, 7) is 9.45. The Morgan fingerprint density at radius 1 is 1.00 bits per heavy atom. The average molecular weight is 389 g/mol. The molecule has 0 radical (unpaired) electrons. The number of hydrogen-bond donors (Lipinski definition) is 1. The Morgan fingerprint density at radius 2 is 1.67 bits per heavy atom. The van der Waals surface area contributed by atoms with Crippen LogP contribution >= 0.6 is 0 Å². The van der Waals surface area contributed by atoms with Crippen LogP contribution in [0.25, 0.3) is 0 Å². The first kappa shape index (κ1) is 21.0. The predicted octanol–water partition coefficient (Wildman–Crippen LogP) is 3.64. The van der Waals surface area contributed by atoms with Crippen molar-refractivity contribution in [1.82, 2.24) is 5.32 Å². The highest BCUT2D eigenvalue weighted by atomic mass is 32.2. The molecule has 2 atom stereocenters. The number of benzene rings is 2. The molecule has 2 aromatic rings. The molecule has 2 aromatic carbocycles. The molecule has 0 saturated heterocycles. The topological polar surface area (TPSA) is 66.5 Å². The van der Waals surface area contributed by atoms with Gasteiger partial charge in [-0.25, -0.2) is 8.42 Å². The third-order valence-electron chi connectivity index (χ3n) is 4.73. The van der Waals surface area contributed by atoms with Gasteiger partial charge in [0.1, 0.15) is 6.04 Å². The van der Waals surface area contributed by atoms with Gasteiger partial charge in [-0.05, 0) is 69.0 Å². The maximum atomic E-state index is 12.8. The molecule has 0 saturated carbocycles. The number of carbonyl (C=O) groups is 1. The van der Waals surface area contributed by atoms with Crippen molar-refractivity contribution < 1.29 is 13.2 Å². The Bertz CT molecular complexity index is 938. The minimum absolute atomic E-state index is 0.224. The first-order valence-electron chi connectivity index (χ1n) is 8.94. The monoisotopic (exact) mass is 388 g/mol. The first-order valence-corrected chi connectivity index (χ1v) is 10.8. The number of amides is 1. The summed E-state index contributed by atoms with van der Waals surface area (Å²) in [5, 5.41) is 2.93. The fourth-order valence-electron chi connectivity index (χ4n) is 3.03. The van der Waals surface area contributed by atoms with Crippen LogP contribution in [-0.2, 0) is 14.8 Å². The second-order valence-corrected chi connectivity index (χ2v) is 9.01. The van der Waals surface area contributed by atoms with E-state index in [1.54, 1.807) is 25.1 Å². The summed E-state index contributed by atoms with van der Waals surface area (Å²) in [6.07, 6.45) is 1.12. The summed E-state index contributed by atoms with van der Waals surface area (Å²) < 4.78 is 25.9. The number of hydrogen-bond acceptors (Lipinski definition) is 3. The lowest BCUT2D eigenvalue weighted by Crippen LogP contribution is -2.48. The Hall–Kier alpha value is -2.34. The molecule has 0 spiro atoms. The Morgan fingerprint density at radius 3 is 2.22 bits per heavy atom. The fraction of sp³-hybridized carbons (Fsp3) is 0.381. The molecular weight excluding hydrogens is 360 g/mol. The molecule has 1 N–H and O–H groups in total. The molecule has 6 heteroatoms. The third-order valence-corrected chi connectivity index (χ3v) is 5.98. The van der Waals surface area contributed by atoms with Gasteiger partial charge in [-0.15, -0.1) is 0 Å². The van der Waals surface area contributed by atoms with E-state index in [2.05, 4.69) is 5.32 Å². The first-order chi connectivity index (χ1) is 12.5.